The van der Waals surface area contributed by atoms with Gasteiger partial charge in [0.05, 0.1) is 23.3 Å². The van der Waals surface area contributed by atoms with Gasteiger partial charge in [-0.25, -0.2) is 4.79 Å². The van der Waals surface area contributed by atoms with E-state index in [1.54, 1.807) is 44.2 Å². The van der Waals surface area contributed by atoms with E-state index >= 15 is 0 Å². The minimum atomic E-state index is -3.86. The molecule has 2 rings (SSSR count). The van der Waals surface area contributed by atoms with E-state index in [-0.39, 0.29) is 23.7 Å². The number of hydrogen-bond acceptors (Lipinski definition) is 7. The Bertz CT molecular complexity index is 942. The molecule has 0 aliphatic heterocycles. The fraction of sp³-hybridized carbons (Fsp3) is 0.263. The lowest BCUT2D eigenvalue weighted by molar-refractivity contribution is -0.145. The Morgan fingerprint density at radius 1 is 0.967 bits per heavy atom. The zero-order valence-corrected chi connectivity index (χ0v) is 19.3. The second-order valence-corrected chi connectivity index (χ2v) is 8.77. The summed E-state index contributed by atoms with van der Waals surface area (Å²) in [6.07, 6.45) is 0. The highest BCUT2D eigenvalue weighted by Crippen LogP contribution is 2.51. The van der Waals surface area contributed by atoms with Gasteiger partial charge in [0.15, 0.2) is 12.1 Å². The van der Waals surface area contributed by atoms with Crippen LogP contribution in [0.4, 0.5) is 0 Å². The van der Waals surface area contributed by atoms with Gasteiger partial charge in [-0.15, -0.1) is 0 Å². The summed E-state index contributed by atoms with van der Waals surface area (Å²) in [4.78, 5) is 17.0. The van der Waals surface area contributed by atoms with Crippen molar-refractivity contribution in [2.75, 3.05) is 19.8 Å². The molecule has 11 heteroatoms. The average Bonchev–Trinajstić information content (AvgIpc) is 2.70. The molecule has 0 aromatic heterocycles. The second kappa shape index (κ2) is 11.7. The molecular formula is C19H19Cl3NO6P. The molecule has 0 N–H and O–H groups in total. The molecular weight excluding hydrogens is 476 g/mol. The lowest BCUT2D eigenvalue weighted by atomic mass is 10.2. The van der Waals surface area contributed by atoms with Crippen molar-refractivity contribution in [3.63, 3.8) is 0 Å². The maximum Gasteiger partial charge on any atom is 0.383 e. The van der Waals surface area contributed by atoms with E-state index in [0.29, 0.717) is 21.4 Å². The Balaban J connectivity index is 2.20. The first kappa shape index (κ1) is 24.7. The fourth-order valence-corrected chi connectivity index (χ4v) is 4.21. The number of hydrogen-bond donors (Lipinski definition) is 0. The zero-order valence-electron chi connectivity index (χ0n) is 16.1. The van der Waals surface area contributed by atoms with Crippen LogP contribution in [0.1, 0.15) is 19.4 Å². The first-order valence-electron chi connectivity index (χ1n) is 8.80. The van der Waals surface area contributed by atoms with Crippen LogP contribution in [0.3, 0.4) is 0 Å². The Labute approximate surface area is 189 Å². The molecule has 0 aliphatic rings. The molecule has 0 atom stereocenters. The number of nitrogens with zero attached hydrogens (tertiary/aromatic N) is 1. The van der Waals surface area contributed by atoms with Crippen molar-refractivity contribution in [3.05, 3.63) is 63.1 Å². The molecule has 0 unspecified atom stereocenters. The third-order valence-corrected chi connectivity index (χ3v) is 6.49. The van der Waals surface area contributed by atoms with Gasteiger partial charge in [0.1, 0.15) is 5.75 Å². The van der Waals surface area contributed by atoms with E-state index in [1.165, 1.54) is 12.1 Å². The van der Waals surface area contributed by atoms with Crippen molar-refractivity contribution < 1.29 is 28.0 Å². The third kappa shape index (κ3) is 6.98. The number of halogens is 3. The fourth-order valence-electron chi connectivity index (χ4n) is 2.19. The van der Waals surface area contributed by atoms with Crippen LogP contribution in [0, 0.1) is 0 Å². The van der Waals surface area contributed by atoms with Gasteiger partial charge in [-0.1, -0.05) is 52.1 Å². The first-order valence-corrected chi connectivity index (χ1v) is 11.5. The molecule has 0 saturated carbocycles. The lowest BCUT2D eigenvalue weighted by Gasteiger charge is -2.18. The van der Waals surface area contributed by atoms with Crippen molar-refractivity contribution in [2.45, 2.75) is 13.8 Å². The minimum absolute atomic E-state index is 0.0955. The summed E-state index contributed by atoms with van der Waals surface area (Å²) >= 11 is 17.6. The van der Waals surface area contributed by atoms with Crippen LogP contribution in [0.5, 0.6) is 5.75 Å². The molecule has 2 aromatic rings. The Morgan fingerprint density at radius 2 is 1.60 bits per heavy atom. The molecule has 0 bridgehead atoms. The van der Waals surface area contributed by atoms with Gasteiger partial charge >= 0.3 is 13.6 Å². The summed E-state index contributed by atoms with van der Waals surface area (Å²) in [5.41, 5.74) is 0.202. The topological polar surface area (TPSA) is 83.4 Å². The highest BCUT2D eigenvalue weighted by molar-refractivity contribution is 7.73. The summed E-state index contributed by atoms with van der Waals surface area (Å²) in [6.45, 7) is 3.03. The number of benzene rings is 2. The van der Waals surface area contributed by atoms with Crippen LogP contribution in [0.2, 0.25) is 15.1 Å². The molecule has 0 fully saturated rings. The van der Waals surface area contributed by atoms with Crippen LogP contribution < -0.4 is 4.74 Å². The lowest BCUT2D eigenvalue weighted by Crippen LogP contribution is -2.15. The molecule has 0 aliphatic carbocycles. The Kier molecular flexibility index (Phi) is 9.62. The van der Waals surface area contributed by atoms with Gasteiger partial charge in [-0.05, 0) is 38.1 Å². The number of carbonyl (C=O) groups excluding carboxylic acids is 1. The zero-order chi connectivity index (χ0) is 22.1. The molecule has 0 heterocycles. The Morgan fingerprint density at radius 3 is 2.17 bits per heavy atom. The van der Waals surface area contributed by atoms with E-state index in [0.717, 1.165) is 0 Å². The molecule has 30 heavy (non-hydrogen) atoms. The smallest absolute Gasteiger partial charge is 0.383 e. The largest absolute Gasteiger partial charge is 0.482 e. The maximum absolute atomic E-state index is 13.2. The van der Waals surface area contributed by atoms with Crippen molar-refractivity contribution in [2.24, 2.45) is 5.16 Å². The molecule has 2 aromatic carbocycles. The van der Waals surface area contributed by atoms with Crippen molar-refractivity contribution in [1.82, 2.24) is 0 Å². The van der Waals surface area contributed by atoms with Gasteiger partial charge in [0, 0.05) is 16.7 Å². The van der Waals surface area contributed by atoms with E-state index in [4.69, 9.17) is 53.4 Å². The van der Waals surface area contributed by atoms with Gasteiger partial charge < -0.3 is 18.6 Å². The van der Waals surface area contributed by atoms with E-state index in [9.17, 15) is 9.36 Å². The summed E-state index contributed by atoms with van der Waals surface area (Å²) in [5.74, 6) is -0.523. The maximum atomic E-state index is 13.2. The predicted molar refractivity (Wildman–Crippen MR) is 117 cm³/mol. The van der Waals surface area contributed by atoms with Gasteiger partial charge in [0.2, 0.25) is 0 Å². The highest BCUT2D eigenvalue weighted by atomic mass is 35.5. The summed E-state index contributed by atoms with van der Waals surface area (Å²) in [5, 5.41) is 4.86. The number of rotatable bonds is 10. The second-order valence-electron chi connectivity index (χ2n) is 5.58. The Hall–Kier alpha value is -1.60. The summed E-state index contributed by atoms with van der Waals surface area (Å²) in [6, 6.07) is 10.8. The monoisotopic (exact) mass is 493 g/mol. The molecule has 0 radical (unpaired) electrons. The molecule has 0 spiro atoms. The standard InChI is InChI=1S/C19H19Cl3NO6P/c1-3-27-30(25,28-4-2)19(13-5-7-14(20)8-6-13)23-29-18(24)12-26-15-9-10-16(21)17(22)11-15/h5-11H,3-4,12H2,1-2H3. The van der Waals surface area contributed by atoms with Crippen LogP contribution >= 0.6 is 42.4 Å². The van der Waals surface area contributed by atoms with Crippen molar-refractivity contribution >= 4 is 53.8 Å². The summed E-state index contributed by atoms with van der Waals surface area (Å²) in [7, 11) is -3.86. The number of carbonyl (C=O) groups is 1. The van der Waals surface area contributed by atoms with Crippen molar-refractivity contribution in [3.8, 4) is 5.75 Å². The van der Waals surface area contributed by atoms with E-state index in [2.05, 4.69) is 5.16 Å². The number of oxime groups is 1. The molecule has 0 amide bonds. The van der Waals surface area contributed by atoms with Crippen LogP contribution in [0.15, 0.2) is 47.6 Å². The van der Waals surface area contributed by atoms with Crippen LogP contribution in [0.25, 0.3) is 0 Å². The average molecular weight is 495 g/mol. The van der Waals surface area contributed by atoms with Crippen LogP contribution in [-0.2, 0) is 23.2 Å². The van der Waals surface area contributed by atoms with Crippen LogP contribution in [-0.4, -0.2) is 31.2 Å². The quantitative estimate of drug-likeness (QED) is 0.169. The molecule has 162 valence electrons. The first-order chi connectivity index (χ1) is 14.3. The highest BCUT2D eigenvalue weighted by Gasteiger charge is 2.34. The third-order valence-electron chi connectivity index (χ3n) is 3.44. The normalized spacial score (nSPS) is 12.0. The van der Waals surface area contributed by atoms with Crippen molar-refractivity contribution in [1.29, 1.82) is 0 Å². The summed E-state index contributed by atoms with van der Waals surface area (Å²) < 4.78 is 29.1. The van der Waals surface area contributed by atoms with Gasteiger partial charge in [0.25, 0.3) is 0 Å². The molecule has 0 saturated heterocycles. The number of ether oxygens (including phenoxy) is 1. The van der Waals surface area contributed by atoms with Gasteiger partial charge in [-0.3, -0.25) is 4.57 Å². The minimum Gasteiger partial charge on any atom is -0.482 e. The van der Waals surface area contributed by atoms with E-state index < -0.39 is 20.2 Å². The van der Waals surface area contributed by atoms with Gasteiger partial charge in [-0.2, -0.15) is 0 Å². The predicted octanol–water partition coefficient (Wildman–Crippen LogP) is 6.20. The SMILES string of the molecule is CCOP(=O)(OCC)C(=NOC(=O)COc1ccc(Cl)c(Cl)c1)c1ccc(Cl)cc1. The molecule has 7 nitrogen and oxygen atoms in total. The van der Waals surface area contributed by atoms with E-state index in [1.807, 2.05) is 0 Å².